The Morgan fingerprint density at radius 1 is 0.933 bits per heavy atom. The first-order chi connectivity index (χ1) is 7.40. The van der Waals surface area contributed by atoms with Gasteiger partial charge in [-0.25, -0.2) is 0 Å². The van der Waals surface area contributed by atoms with Gasteiger partial charge < -0.3 is 4.42 Å². The van der Waals surface area contributed by atoms with Crippen LogP contribution in [0.2, 0.25) is 0 Å². The lowest BCUT2D eigenvalue weighted by atomic mass is 10.1. The molecular formula is C13H9BrO. The quantitative estimate of drug-likeness (QED) is 0.588. The average Bonchev–Trinajstić information content (AvgIpc) is 2.67. The van der Waals surface area contributed by atoms with E-state index in [9.17, 15) is 0 Å². The molecule has 0 amide bonds. The zero-order valence-corrected chi connectivity index (χ0v) is 9.62. The van der Waals surface area contributed by atoms with E-state index in [1.54, 1.807) is 0 Å². The topological polar surface area (TPSA) is 13.1 Å². The van der Waals surface area contributed by atoms with Crippen molar-refractivity contribution in [3.8, 4) is 0 Å². The number of alkyl halides is 1. The van der Waals surface area contributed by atoms with Crippen LogP contribution in [0.4, 0.5) is 0 Å². The minimum absolute atomic E-state index is 0.824. The molecule has 3 rings (SSSR count). The fourth-order valence-electron chi connectivity index (χ4n) is 1.91. The maximum Gasteiger partial charge on any atom is 0.139 e. The van der Waals surface area contributed by atoms with E-state index in [0.717, 1.165) is 16.5 Å². The first-order valence-electron chi connectivity index (χ1n) is 4.85. The molecule has 0 aliphatic carbocycles. The Bertz CT molecular complexity index is 625. The standard InChI is InChI=1S/C13H9BrO/c14-8-9-4-3-6-11-10-5-1-2-7-12(10)15-13(9)11/h1-7H,8H2. The maximum absolute atomic E-state index is 5.84. The van der Waals surface area contributed by atoms with E-state index in [4.69, 9.17) is 4.42 Å². The molecule has 2 heteroatoms. The summed E-state index contributed by atoms with van der Waals surface area (Å²) in [5.74, 6) is 0. The SMILES string of the molecule is BrCc1cccc2c1oc1ccccc12. The average molecular weight is 261 g/mol. The molecule has 0 aliphatic rings. The molecular weight excluding hydrogens is 252 g/mol. The third-order valence-electron chi connectivity index (χ3n) is 2.63. The summed E-state index contributed by atoms with van der Waals surface area (Å²) in [4.78, 5) is 0. The molecule has 0 aliphatic heterocycles. The highest BCUT2D eigenvalue weighted by Gasteiger charge is 2.08. The summed E-state index contributed by atoms with van der Waals surface area (Å²) in [5, 5.41) is 3.21. The van der Waals surface area contributed by atoms with Gasteiger partial charge in [-0.05, 0) is 6.07 Å². The summed E-state index contributed by atoms with van der Waals surface area (Å²) in [6.07, 6.45) is 0. The maximum atomic E-state index is 5.84. The third kappa shape index (κ3) is 1.29. The van der Waals surface area contributed by atoms with E-state index in [-0.39, 0.29) is 0 Å². The van der Waals surface area contributed by atoms with E-state index < -0.39 is 0 Å². The van der Waals surface area contributed by atoms with Crippen molar-refractivity contribution in [2.45, 2.75) is 5.33 Å². The van der Waals surface area contributed by atoms with Crippen LogP contribution in [0.1, 0.15) is 5.56 Å². The fraction of sp³-hybridized carbons (Fsp3) is 0.0769. The van der Waals surface area contributed by atoms with Crippen molar-refractivity contribution < 1.29 is 4.42 Å². The predicted molar refractivity (Wildman–Crippen MR) is 66.4 cm³/mol. The van der Waals surface area contributed by atoms with Crippen LogP contribution in [0.3, 0.4) is 0 Å². The largest absolute Gasteiger partial charge is 0.456 e. The van der Waals surface area contributed by atoms with Gasteiger partial charge in [0.25, 0.3) is 0 Å². The number of hydrogen-bond donors (Lipinski definition) is 0. The highest BCUT2D eigenvalue weighted by molar-refractivity contribution is 9.08. The van der Waals surface area contributed by atoms with Crippen molar-refractivity contribution in [1.29, 1.82) is 0 Å². The predicted octanol–water partition coefficient (Wildman–Crippen LogP) is 4.48. The molecule has 0 spiro atoms. The van der Waals surface area contributed by atoms with Crippen LogP contribution < -0.4 is 0 Å². The summed E-state index contributed by atoms with van der Waals surface area (Å²) in [7, 11) is 0. The van der Waals surface area contributed by atoms with Gasteiger partial charge in [0.2, 0.25) is 0 Å². The van der Waals surface area contributed by atoms with Gasteiger partial charge >= 0.3 is 0 Å². The second kappa shape index (κ2) is 3.38. The van der Waals surface area contributed by atoms with Crippen LogP contribution in [-0.2, 0) is 5.33 Å². The van der Waals surface area contributed by atoms with E-state index in [1.165, 1.54) is 16.3 Å². The molecule has 74 valence electrons. The first kappa shape index (κ1) is 8.98. The van der Waals surface area contributed by atoms with Crippen molar-refractivity contribution in [3.63, 3.8) is 0 Å². The Morgan fingerprint density at radius 2 is 1.73 bits per heavy atom. The minimum Gasteiger partial charge on any atom is -0.456 e. The van der Waals surface area contributed by atoms with Gasteiger partial charge in [-0.1, -0.05) is 52.3 Å². The molecule has 1 aromatic heterocycles. The number of furan rings is 1. The Kier molecular flexibility index (Phi) is 2.03. The summed E-state index contributed by atoms with van der Waals surface area (Å²) in [6, 6.07) is 14.4. The molecule has 0 unspecified atom stereocenters. The lowest BCUT2D eigenvalue weighted by molar-refractivity contribution is 0.665. The molecule has 0 saturated carbocycles. The Labute approximate surface area is 95.8 Å². The smallest absolute Gasteiger partial charge is 0.139 e. The zero-order chi connectivity index (χ0) is 10.3. The third-order valence-corrected chi connectivity index (χ3v) is 3.23. The minimum atomic E-state index is 0.824. The van der Waals surface area contributed by atoms with Gasteiger partial charge in [-0.2, -0.15) is 0 Å². The molecule has 0 bridgehead atoms. The van der Waals surface area contributed by atoms with Crippen LogP contribution in [0.5, 0.6) is 0 Å². The number of benzene rings is 2. The summed E-state index contributed by atoms with van der Waals surface area (Å²) >= 11 is 3.48. The van der Waals surface area contributed by atoms with Gasteiger partial charge in [0.05, 0.1) is 0 Å². The summed E-state index contributed by atoms with van der Waals surface area (Å²) in [6.45, 7) is 0. The molecule has 15 heavy (non-hydrogen) atoms. The molecule has 0 saturated heterocycles. The van der Waals surface area contributed by atoms with E-state index in [1.807, 2.05) is 18.2 Å². The summed E-state index contributed by atoms with van der Waals surface area (Å²) < 4.78 is 5.84. The highest BCUT2D eigenvalue weighted by atomic mass is 79.9. The zero-order valence-electron chi connectivity index (χ0n) is 8.03. The molecule has 2 aromatic carbocycles. The normalized spacial score (nSPS) is 11.3. The van der Waals surface area contributed by atoms with Gasteiger partial charge in [-0.3, -0.25) is 0 Å². The van der Waals surface area contributed by atoms with Gasteiger partial charge in [-0.15, -0.1) is 0 Å². The van der Waals surface area contributed by atoms with E-state index in [0.29, 0.717) is 0 Å². The number of fused-ring (bicyclic) bond motifs is 3. The van der Waals surface area contributed by atoms with Crippen LogP contribution in [0.15, 0.2) is 46.9 Å². The number of halogens is 1. The van der Waals surface area contributed by atoms with Crippen molar-refractivity contribution in [2.75, 3.05) is 0 Å². The first-order valence-corrected chi connectivity index (χ1v) is 5.97. The number of para-hydroxylation sites is 2. The lowest BCUT2D eigenvalue weighted by Gasteiger charge is -1.94. The van der Waals surface area contributed by atoms with E-state index >= 15 is 0 Å². The molecule has 0 atom stereocenters. The molecule has 1 heterocycles. The molecule has 1 nitrogen and oxygen atoms in total. The monoisotopic (exact) mass is 260 g/mol. The molecule has 3 aromatic rings. The second-order valence-corrected chi connectivity index (χ2v) is 4.09. The summed E-state index contributed by atoms with van der Waals surface area (Å²) in [5.41, 5.74) is 3.15. The van der Waals surface area contributed by atoms with Gasteiger partial charge in [0.15, 0.2) is 0 Å². The van der Waals surface area contributed by atoms with Gasteiger partial charge in [0, 0.05) is 21.7 Å². The van der Waals surface area contributed by atoms with Crippen LogP contribution in [0.25, 0.3) is 21.9 Å². The molecule has 0 N–H and O–H groups in total. The van der Waals surface area contributed by atoms with Gasteiger partial charge in [0.1, 0.15) is 11.2 Å². The van der Waals surface area contributed by atoms with Crippen molar-refractivity contribution in [3.05, 3.63) is 48.0 Å². The molecule has 0 fully saturated rings. The van der Waals surface area contributed by atoms with Crippen molar-refractivity contribution in [2.24, 2.45) is 0 Å². The molecule has 0 radical (unpaired) electrons. The van der Waals surface area contributed by atoms with Crippen LogP contribution >= 0.6 is 15.9 Å². The number of hydrogen-bond acceptors (Lipinski definition) is 1. The Balaban J connectivity index is 2.53. The van der Waals surface area contributed by atoms with E-state index in [2.05, 4.69) is 40.2 Å². The van der Waals surface area contributed by atoms with Crippen LogP contribution in [0, 0.1) is 0 Å². The van der Waals surface area contributed by atoms with Crippen LogP contribution in [-0.4, -0.2) is 0 Å². The fourth-order valence-corrected chi connectivity index (χ4v) is 2.35. The highest BCUT2D eigenvalue weighted by Crippen LogP contribution is 2.31. The Morgan fingerprint density at radius 3 is 2.60 bits per heavy atom. The number of rotatable bonds is 1. The Hall–Kier alpha value is -1.28. The second-order valence-electron chi connectivity index (χ2n) is 3.53. The lowest BCUT2D eigenvalue weighted by Crippen LogP contribution is -1.76. The van der Waals surface area contributed by atoms with Crippen molar-refractivity contribution >= 4 is 37.9 Å². The van der Waals surface area contributed by atoms with Crippen molar-refractivity contribution in [1.82, 2.24) is 0 Å².